The molecular formula is C58H39NO. The zero-order chi connectivity index (χ0) is 39.8. The summed E-state index contributed by atoms with van der Waals surface area (Å²) < 4.78 is 6.60. The Morgan fingerprint density at radius 3 is 1.42 bits per heavy atom. The maximum Gasteiger partial charge on any atom is 0.143 e. The Hall–Kier alpha value is -7.94. The molecule has 0 aliphatic carbocycles. The van der Waals surface area contributed by atoms with Gasteiger partial charge in [0, 0.05) is 33.2 Å². The van der Waals surface area contributed by atoms with Crippen molar-refractivity contribution < 1.29 is 4.42 Å². The summed E-state index contributed by atoms with van der Waals surface area (Å²) in [4.78, 5) is 2.37. The summed E-state index contributed by atoms with van der Waals surface area (Å²) >= 11 is 0. The topological polar surface area (TPSA) is 16.4 Å². The highest BCUT2D eigenvalue weighted by Gasteiger charge is 2.18. The summed E-state index contributed by atoms with van der Waals surface area (Å²) in [5.74, 6) is 0. The van der Waals surface area contributed by atoms with Crippen LogP contribution in [0.5, 0.6) is 0 Å². The van der Waals surface area contributed by atoms with Crippen LogP contribution in [0.4, 0.5) is 17.1 Å². The van der Waals surface area contributed by atoms with Crippen molar-refractivity contribution in [3.8, 4) is 55.6 Å². The molecule has 0 fully saturated rings. The molecule has 2 heteroatoms. The Labute approximate surface area is 349 Å². The van der Waals surface area contributed by atoms with Crippen LogP contribution in [-0.2, 0) is 0 Å². The molecule has 0 spiro atoms. The lowest BCUT2D eigenvalue weighted by atomic mass is 9.93. The van der Waals surface area contributed by atoms with E-state index in [-0.39, 0.29) is 0 Å². The van der Waals surface area contributed by atoms with E-state index in [9.17, 15) is 0 Å². The van der Waals surface area contributed by atoms with Gasteiger partial charge in [0.25, 0.3) is 0 Å². The molecule has 11 aromatic rings. The van der Waals surface area contributed by atoms with Crippen molar-refractivity contribution in [2.75, 3.05) is 4.90 Å². The molecule has 0 amide bonds. The van der Waals surface area contributed by atoms with E-state index in [0.29, 0.717) is 0 Å². The minimum Gasteiger partial charge on any atom is -0.455 e. The summed E-state index contributed by atoms with van der Waals surface area (Å²) in [6.45, 7) is 0. The van der Waals surface area contributed by atoms with Crippen molar-refractivity contribution in [3.63, 3.8) is 0 Å². The first-order chi connectivity index (χ1) is 29.7. The average molecular weight is 766 g/mol. The fourth-order valence-electron chi connectivity index (χ4n) is 8.70. The van der Waals surface area contributed by atoms with E-state index in [0.717, 1.165) is 61.1 Å². The molecule has 10 aromatic carbocycles. The van der Waals surface area contributed by atoms with Gasteiger partial charge in [-0.1, -0.05) is 170 Å². The fraction of sp³-hybridized carbons (Fsp3) is 0. The summed E-state index contributed by atoms with van der Waals surface area (Å²) in [5, 5.41) is 4.55. The summed E-state index contributed by atoms with van der Waals surface area (Å²) in [7, 11) is 0. The van der Waals surface area contributed by atoms with Gasteiger partial charge in [0.15, 0.2) is 0 Å². The molecule has 0 saturated heterocycles. The second-order valence-corrected chi connectivity index (χ2v) is 15.3. The van der Waals surface area contributed by atoms with Gasteiger partial charge in [-0.25, -0.2) is 0 Å². The van der Waals surface area contributed by atoms with Crippen LogP contribution >= 0.6 is 0 Å². The first-order valence-corrected chi connectivity index (χ1v) is 20.5. The molecule has 60 heavy (non-hydrogen) atoms. The second kappa shape index (κ2) is 15.1. The smallest absolute Gasteiger partial charge is 0.143 e. The van der Waals surface area contributed by atoms with Crippen LogP contribution in [0, 0.1) is 0 Å². The van der Waals surface area contributed by atoms with Gasteiger partial charge in [-0.05, 0) is 128 Å². The third-order valence-electron chi connectivity index (χ3n) is 11.6. The van der Waals surface area contributed by atoms with Crippen LogP contribution < -0.4 is 4.90 Å². The van der Waals surface area contributed by atoms with Gasteiger partial charge in [0.1, 0.15) is 11.2 Å². The van der Waals surface area contributed by atoms with Gasteiger partial charge in [-0.15, -0.1) is 0 Å². The van der Waals surface area contributed by atoms with Gasteiger partial charge in [0.2, 0.25) is 0 Å². The van der Waals surface area contributed by atoms with Crippen molar-refractivity contribution in [2.24, 2.45) is 0 Å². The molecule has 2 nitrogen and oxygen atoms in total. The first-order valence-electron chi connectivity index (χ1n) is 20.5. The number of nitrogens with zero attached hydrogens (tertiary/aromatic N) is 1. The number of furan rings is 1. The molecule has 282 valence electrons. The number of hydrogen-bond donors (Lipinski definition) is 0. The number of benzene rings is 10. The summed E-state index contributed by atoms with van der Waals surface area (Å²) in [6.07, 6.45) is 0. The van der Waals surface area contributed by atoms with Gasteiger partial charge in [-0.3, -0.25) is 0 Å². The number of anilines is 3. The van der Waals surface area contributed by atoms with Gasteiger partial charge in [0.05, 0.1) is 0 Å². The minimum absolute atomic E-state index is 0.888. The SMILES string of the molecule is c1ccc(-c2cc(-c3ccccc3)cc(-c3ccc(N(c4cccc(-c5ccccc5)c4)c4cccc(-c5cccc6oc7c8ccccc8ccc7c56)c4)cc3)c2)cc1. The van der Waals surface area contributed by atoms with Crippen molar-refractivity contribution in [3.05, 3.63) is 237 Å². The second-order valence-electron chi connectivity index (χ2n) is 15.3. The maximum absolute atomic E-state index is 6.60. The van der Waals surface area contributed by atoms with Crippen LogP contribution in [0.3, 0.4) is 0 Å². The van der Waals surface area contributed by atoms with Crippen LogP contribution in [-0.4, -0.2) is 0 Å². The van der Waals surface area contributed by atoms with Gasteiger partial charge in [-0.2, -0.15) is 0 Å². The first kappa shape index (κ1) is 35.2. The van der Waals surface area contributed by atoms with E-state index in [1.54, 1.807) is 0 Å². The monoisotopic (exact) mass is 765 g/mol. The van der Waals surface area contributed by atoms with E-state index in [1.165, 1.54) is 44.3 Å². The molecule has 1 heterocycles. The van der Waals surface area contributed by atoms with Crippen LogP contribution in [0.1, 0.15) is 0 Å². The van der Waals surface area contributed by atoms with Gasteiger partial charge < -0.3 is 9.32 Å². The van der Waals surface area contributed by atoms with Crippen LogP contribution in [0.15, 0.2) is 241 Å². The molecule has 1 aromatic heterocycles. The normalized spacial score (nSPS) is 11.3. The van der Waals surface area contributed by atoms with Crippen molar-refractivity contribution in [1.82, 2.24) is 0 Å². The Bertz CT molecular complexity index is 3240. The Morgan fingerprint density at radius 2 is 0.783 bits per heavy atom. The fourth-order valence-corrected chi connectivity index (χ4v) is 8.70. The van der Waals surface area contributed by atoms with Crippen LogP contribution in [0.25, 0.3) is 88.3 Å². The molecule has 0 aliphatic heterocycles. The lowest BCUT2D eigenvalue weighted by Crippen LogP contribution is -2.10. The lowest BCUT2D eigenvalue weighted by Gasteiger charge is -2.27. The molecule has 0 aliphatic rings. The predicted octanol–water partition coefficient (Wildman–Crippen LogP) is 16.5. The third-order valence-corrected chi connectivity index (χ3v) is 11.6. The highest BCUT2D eigenvalue weighted by Crippen LogP contribution is 2.43. The summed E-state index contributed by atoms with van der Waals surface area (Å²) in [6, 6.07) is 84.9. The highest BCUT2D eigenvalue weighted by atomic mass is 16.3. The maximum atomic E-state index is 6.60. The highest BCUT2D eigenvalue weighted by molar-refractivity contribution is 6.19. The minimum atomic E-state index is 0.888. The summed E-state index contributed by atoms with van der Waals surface area (Å²) in [5.41, 5.74) is 16.8. The van der Waals surface area contributed by atoms with Crippen molar-refractivity contribution in [1.29, 1.82) is 0 Å². The van der Waals surface area contributed by atoms with E-state index >= 15 is 0 Å². The number of hydrogen-bond acceptors (Lipinski definition) is 2. The molecule has 11 rings (SSSR count). The van der Waals surface area contributed by atoms with Crippen molar-refractivity contribution >= 4 is 49.8 Å². The predicted molar refractivity (Wildman–Crippen MR) is 253 cm³/mol. The van der Waals surface area contributed by atoms with Gasteiger partial charge >= 0.3 is 0 Å². The van der Waals surface area contributed by atoms with Crippen molar-refractivity contribution in [2.45, 2.75) is 0 Å². The zero-order valence-corrected chi connectivity index (χ0v) is 32.9. The molecule has 0 N–H and O–H groups in total. The Kier molecular flexibility index (Phi) is 8.87. The quantitative estimate of drug-likeness (QED) is 0.153. The average Bonchev–Trinajstić information content (AvgIpc) is 3.73. The largest absolute Gasteiger partial charge is 0.455 e. The zero-order valence-electron chi connectivity index (χ0n) is 32.9. The molecule has 0 atom stereocenters. The standard InChI is InChI=1S/C58H39NO/c1-4-15-40(16-5-1)45-22-12-24-51(38-45)59(50-32-29-43(30-33-50)49-36-47(41-17-6-2-7-18-41)35-48(37-49)42-19-8-3-9-20-42)52-25-13-23-46(39-52)53-27-14-28-56-57(53)55-34-31-44-21-10-11-26-54(44)58(55)60-56/h1-39H. The number of rotatable bonds is 8. The third kappa shape index (κ3) is 6.51. The molecule has 0 radical (unpaired) electrons. The van der Waals surface area contributed by atoms with E-state index in [2.05, 4.69) is 241 Å². The lowest BCUT2D eigenvalue weighted by molar-refractivity contribution is 0.673. The molecule has 0 bridgehead atoms. The number of fused-ring (bicyclic) bond motifs is 5. The van der Waals surface area contributed by atoms with E-state index < -0.39 is 0 Å². The molecular weight excluding hydrogens is 727 g/mol. The molecule has 0 unspecified atom stereocenters. The Balaban J connectivity index is 1.04. The van der Waals surface area contributed by atoms with Crippen LogP contribution in [0.2, 0.25) is 0 Å². The molecule has 0 saturated carbocycles. The van der Waals surface area contributed by atoms with E-state index in [1.807, 2.05) is 0 Å². The van der Waals surface area contributed by atoms with E-state index in [4.69, 9.17) is 4.42 Å². The Morgan fingerprint density at radius 1 is 0.283 bits per heavy atom.